The van der Waals surface area contributed by atoms with E-state index in [1.54, 1.807) is 0 Å². The monoisotopic (exact) mass is 190 g/mol. The first-order valence-electron chi connectivity index (χ1n) is 4.20. The molecule has 0 saturated heterocycles. The van der Waals surface area contributed by atoms with Crippen molar-refractivity contribution in [2.45, 2.75) is 25.8 Å². The molecular weight excluding hydrogens is 172 g/mol. The Morgan fingerprint density at radius 3 is 2.58 bits per heavy atom. The summed E-state index contributed by atoms with van der Waals surface area (Å²) in [7, 11) is 1.99. The molecule has 0 radical (unpaired) electrons. The van der Waals surface area contributed by atoms with Crippen LogP contribution in [0.5, 0.6) is 0 Å². The highest BCUT2D eigenvalue weighted by Gasteiger charge is 2.10. The number of hydrogen-bond acceptors (Lipinski definition) is 3. The number of nitrogens with two attached hydrogens (primary N) is 1. The van der Waals surface area contributed by atoms with Crippen LogP contribution in [0.4, 0.5) is 0 Å². The molecule has 0 aromatic rings. The third-order valence-corrected chi connectivity index (χ3v) is 2.33. The molecule has 3 nitrogen and oxygen atoms in total. The summed E-state index contributed by atoms with van der Waals surface area (Å²) in [4.78, 5) is 2.62. The zero-order valence-electron chi connectivity index (χ0n) is 7.79. The molecule has 0 saturated carbocycles. The van der Waals surface area contributed by atoms with E-state index in [4.69, 9.17) is 23.1 Å². The van der Waals surface area contributed by atoms with Gasteiger partial charge < -0.3 is 10.8 Å². The zero-order valence-corrected chi connectivity index (χ0v) is 8.60. The number of thiocarbonyl (C=S) groups is 1. The van der Waals surface area contributed by atoms with Crippen molar-refractivity contribution in [3.05, 3.63) is 0 Å². The molecule has 0 bridgehead atoms. The molecule has 0 aliphatic carbocycles. The zero-order chi connectivity index (χ0) is 9.56. The molecule has 4 heteroatoms. The van der Waals surface area contributed by atoms with Crippen LogP contribution in [0.25, 0.3) is 0 Å². The van der Waals surface area contributed by atoms with Gasteiger partial charge in [0.2, 0.25) is 0 Å². The van der Waals surface area contributed by atoms with Gasteiger partial charge >= 0.3 is 0 Å². The predicted octanol–water partition coefficient (Wildman–Crippen LogP) is 0.365. The van der Waals surface area contributed by atoms with Crippen LogP contribution >= 0.6 is 12.2 Å². The van der Waals surface area contributed by atoms with Crippen LogP contribution in [0.1, 0.15) is 19.8 Å². The molecule has 0 aromatic heterocycles. The molecule has 0 aromatic carbocycles. The van der Waals surface area contributed by atoms with Gasteiger partial charge in [0, 0.05) is 6.61 Å². The number of unbranched alkanes of at least 4 members (excludes halogenated alkanes) is 1. The fourth-order valence-electron chi connectivity index (χ4n) is 0.884. The van der Waals surface area contributed by atoms with Crippen LogP contribution in [0, 0.1) is 0 Å². The molecule has 1 unspecified atom stereocenters. The highest BCUT2D eigenvalue weighted by molar-refractivity contribution is 7.80. The van der Waals surface area contributed by atoms with Crippen molar-refractivity contribution in [1.29, 1.82) is 0 Å². The van der Waals surface area contributed by atoms with Crippen LogP contribution in [0.2, 0.25) is 0 Å². The second-order valence-electron chi connectivity index (χ2n) is 2.99. The number of likely N-dealkylation sites (N-methyl/N-ethyl adjacent to an activating group) is 1. The smallest absolute Gasteiger partial charge is 0.0899 e. The lowest BCUT2D eigenvalue weighted by molar-refractivity contribution is 0.257. The van der Waals surface area contributed by atoms with Gasteiger partial charge in [-0.1, -0.05) is 12.2 Å². The quantitative estimate of drug-likeness (QED) is 0.469. The lowest BCUT2D eigenvalue weighted by Crippen LogP contribution is -2.39. The van der Waals surface area contributed by atoms with Crippen LogP contribution in [0.3, 0.4) is 0 Å². The third-order valence-electron chi connectivity index (χ3n) is 1.99. The van der Waals surface area contributed by atoms with Crippen molar-refractivity contribution in [3.63, 3.8) is 0 Å². The molecule has 0 aliphatic heterocycles. The molecule has 12 heavy (non-hydrogen) atoms. The van der Waals surface area contributed by atoms with Crippen molar-refractivity contribution in [3.8, 4) is 0 Å². The summed E-state index contributed by atoms with van der Waals surface area (Å²) in [5.41, 5.74) is 5.48. The minimum Gasteiger partial charge on any atom is -0.396 e. The average molecular weight is 190 g/mol. The molecule has 1 atom stereocenters. The van der Waals surface area contributed by atoms with Crippen molar-refractivity contribution in [1.82, 2.24) is 4.90 Å². The number of nitrogens with zero attached hydrogens (tertiary/aromatic N) is 1. The Kier molecular flexibility index (Phi) is 6.24. The Morgan fingerprint density at radius 2 is 2.17 bits per heavy atom. The Balaban J connectivity index is 3.56. The average Bonchev–Trinajstić information content (AvgIpc) is 2.03. The highest BCUT2D eigenvalue weighted by Crippen LogP contribution is 1.98. The lowest BCUT2D eigenvalue weighted by atomic mass is 10.2. The molecular formula is C8H18N2OS. The maximum Gasteiger partial charge on any atom is 0.0899 e. The van der Waals surface area contributed by atoms with Crippen molar-refractivity contribution < 1.29 is 5.11 Å². The largest absolute Gasteiger partial charge is 0.396 e. The third kappa shape index (κ3) is 4.64. The summed E-state index contributed by atoms with van der Waals surface area (Å²) in [6.07, 6.45) is 1.83. The van der Waals surface area contributed by atoms with E-state index in [0.29, 0.717) is 4.99 Å². The topological polar surface area (TPSA) is 49.5 Å². The van der Waals surface area contributed by atoms with Crippen LogP contribution in [-0.2, 0) is 0 Å². The summed E-state index contributed by atoms with van der Waals surface area (Å²) in [6.45, 7) is 3.18. The Morgan fingerprint density at radius 1 is 1.58 bits per heavy atom. The van der Waals surface area contributed by atoms with Gasteiger partial charge in [-0.3, -0.25) is 4.90 Å². The SMILES string of the molecule is CC(C(N)=S)N(C)CCCCO. The van der Waals surface area contributed by atoms with E-state index in [0.717, 1.165) is 19.4 Å². The van der Waals surface area contributed by atoms with E-state index >= 15 is 0 Å². The second-order valence-corrected chi connectivity index (χ2v) is 3.46. The molecule has 0 amide bonds. The standard InChI is InChI=1S/C8H18N2OS/c1-7(8(9)12)10(2)5-3-4-6-11/h7,11H,3-6H2,1-2H3,(H2,9,12). The van der Waals surface area contributed by atoms with E-state index in [1.807, 2.05) is 14.0 Å². The van der Waals surface area contributed by atoms with Gasteiger partial charge in [-0.15, -0.1) is 0 Å². The summed E-state index contributed by atoms with van der Waals surface area (Å²) in [5, 5.41) is 8.56. The Bertz CT molecular complexity index is 141. The lowest BCUT2D eigenvalue weighted by Gasteiger charge is -2.23. The van der Waals surface area contributed by atoms with E-state index in [-0.39, 0.29) is 12.6 Å². The normalized spacial score (nSPS) is 13.3. The molecule has 0 heterocycles. The first kappa shape index (κ1) is 11.8. The Hall–Kier alpha value is -0.190. The van der Waals surface area contributed by atoms with Gasteiger partial charge in [0.15, 0.2) is 0 Å². The molecule has 0 aliphatic rings. The van der Waals surface area contributed by atoms with Gasteiger partial charge in [-0.2, -0.15) is 0 Å². The van der Waals surface area contributed by atoms with E-state index in [2.05, 4.69) is 4.90 Å². The van der Waals surface area contributed by atoms with Gasteiger partial charge in [0.1, 0.15) is 0 Å². The van der Waals surface area contributed by atoms with Gasteiger partial charge in [0.25, 0.3) is 0 Å². The highest BCUT2D eigenvalue weighted by atomic mass is 32.1. The van der Waals surface area contributed by atoms with Crippen molar-refractivity contribution in [2.75, 3.05) is 20.2 Å². The molecule has 0 rings (SSSR count). The van der Waals surface area contributed by atoms with Gasteiger partial charge in [-0.05, 0) is 33.4 Å². The number of aliphatic hydroxyl groups is 1. The second kappa shape index (κ2) is 6.34. The Labute approximate surface area is 79.5 Å². The molecule has 3 N–H and O–H groups in total. The summed E-state index contributed by atoms with van der Waals surface area (Å²) in [6, 6.07) is 0.152. The number of hydrogen-bond donors (Lipinski definition) is 2. The molecule has 0 fully saturated rings. The van der Waals surface area contributed by atoms with Crippen molar-refractivity contribution in [2.24, 2.45) is 5.73 Å². The summed E-state index contributed by atoms with van der Waals surface area (Å²) >= 11 is 4.86. The van der Waals surface area contributed by atoms with E-state index < -0.39 is 0 Å². The number of aliphatic hydroxyl groups excluding tert-OH is 1. The first-order chi connectivity index (χ1) is 5.59. The first-order valence-corrected chi connectivity index (χ1v) is 4.60. The summed E-state index contributed by atoms with van der Waals surface area (Å²) < 4.78 is 0. The van der Waals surface area contributed by atoms with E-state index in [1.165, 1.54) is 0 Å². The maximum atomic E-state index is 8.56. The fourth-order valence-corrected chi connectivity index (χ4v) is 1.06. The minimum atomic E-state index is 0.152. The van der Waals surface area contributed by atoms with Gasteiger partial charge in [0.05, 0.1) is 11.0 Å². The van der Waals surface area contributed by atoms with Crippen LogP contribution < -0.4 is 5.73 Å². The predicted molar refractivity (Wildman–Crippen MR) is 55.2 cm³/mol. The van der Waals surface area contributed by atoms with Crippen molar-refractivity contribution >= 4 is 17.2 Å². The molecule has 0 spiro atoms. The fraction of sp³-hybridized carbons (Fsp3) is 0.875. The minimum absolute atomic E-state index is 0.152. The number of rotatable bonds is 6. The van der Waals surface area contributed by atoms with Crippen LogP contribution in [0.15, 0.2) is 0 Å². The summed E-state index contributed by atoms with van der Waals surface area (Å²) in [5.74, 6) is 0. The van der Waals surface area contributed by atoms with E-state index in [9.17, 15) is 0 Å². The maximum absolute atomic E-state index is 8.56. The van der Waals surface area contributed by atoms with Gasteiger partial charge in [-0.25, -0.2) is 0 Å². The molecule has 72 valence electrons. The van der Waals surface area contributed by atoms with Crippen LogP contribution in [-0.4, -0.2) is 41.2 Å².